The van der Waals surface area contributed by atoms with Gasteiger partial charge in [0.1, 0.15) is 20.1 Å². The summed E-state index contributed by atoms with van der Waals surface area (Å²) in [7, 11) is 2.00. The van der Waals surface area contributed by atoms with E-state index in [1.165, 1.54) is 0 Å². The van der Waals surface area contributed by atoms with Crippen LogP contribution in [0.1, 0.15) is 19.3 Å². The fourth-order valence-electron chi connectivity index (χ4n) is 4.32. The molecule has 0 radical (unpaired) electrons. The van der Waals surface area contributed by atoms with Gasteiger partial charge in [-0.25, -0.2) is 4.98 Å². The molecule has 2 aliphatic rings. The standard InChI is InChI=1S/C19H27BN6O3/c20-13-9-22-19-17(14(10-23-19)24-15(28)11-27)18(13)26-6-4-25(5-7-26)16(29)8-12-2-1-3-21-12/h9-10,12,21,27H,1-8,11,20H2,(H,22,23)(H,24,28). The number of nitrogens with zero attached hydrogens (tertiary/aromatic N) is 3. The van der Waals surface area contributed by atoms with Gasteiger partial charge in [0.2, 0.25) is 11.8 Å². The first kappa shape index (κ1) is 19.7. The summed E-state index contributed by atoms with van der Waals surface area (Å²) in [6.07, 6.45) is 6.32. The molecule has 9 nitrogen and oxygen atoms in total. The average Bonchev–Trinajstić information content (AvgIpc) is 3.38. The Balaban J connectivity index is 1.50. The number of hydrogen-bond donors (Lipinski definition) is 4. The molecule has 0 saturated carbocycles. The highest BCUT2D eigenvalue weighted by molar-refractivity contribution is 6.38. The molecule has 2 aromatic rings. The molecule has 4 heterocycles. The lowest BCUT2D eigenvalue weighted by Crippen LogP contribution is -2.50. The SMILES string of the molecule is Bc1cnc2[nH]cc(NC(=O)CO)c2c1N1CCN(C(=O)CC2CCCN2)CC1. The van der Waals surface area contributed by atoms with Gasteiger partial charge in [0, 0.05) is 56.7 Å². The highest BCUT2D eigenvalue weighted by Gasteiger charge is 2.27. The molecule has 0 aromatic carbocycles. The summed E-state index contributed by atoms with van der Waals surface area (Å²) in [6, 6.07) is 0.320. The summed E-state index contributed by atoms with van der Waals surface area (Å²) >= 11 is 0. The number of aliphatic hydroxyl groups excluding tert-OH is 1. The number of H-pyrrole nitrogens is 1. The molecule has 2 amide bonds. The molecule has 4 rings (SSSR count). The minimum Gasteiger partial charge on any atom is -0.387 e. The van der Waals surface area contributed by atoms with E-state index in [1.807, 2.05) is 18.9 Å². The number of aromatic nitrogens is 2. The number of piperazine rings is 1. The van der Waals surface area contributed by atoms with Crippen molar-refractivity contribution in [3.8, 4) is 0 Å². The van der Waals surface area contributed by atoms with Gasteiger partial charge in [-0.15, -0.1) is 0 Å². The van der Waals surface area contributed by atoms with Crippen molar-refractivity contribution in [2.45, 2.75) is 25.3 Å². The maximum Gasteiger partial charge on any atom is 0.250 e. The van der Waals surface area contributed by atoms with E-state index >= 15 is 0 Å². The largest absolute Gasteiger partial charge is 0.387 e. The number of carbonyl (C=O) groups is 2. The van der Waals surface area contributed by atoms with Crippen LogP contribution in [0.25, 0.3) is 11.0 Å². The molecule has 10 heteroatoms. The lowest BCUT2D eigenvalue weighted by Gasteiger charge is -2.37. The molecular weight excluding hydrogens is 371 g/mol. The zero-order chi connectivity index (χ0) is 20.4. The highest BCUT2D eigenvalue weighted by Crippen LogP contribution is 2.31. The number of hydrogen-bond acceptors (Lipinski definition) is 6. The molecule has 2 aromatic heterocycles. The van der Waals surface area contributed by atoms with Crippen molar-refractivity contribution in [1.82, 2.24) is 20.2 Å². The summed E-state index contributed by atoms with van der Waals surface area (Å²) in [4.78, 5) is 36.0. The van der Waals surface area contributed by atoms with Gasteiger partial charge in [-0.3, -0.25) is 9.59 Å². The summed E-state index contributed by atoms with van der Waals surface area (Å²) in [5, 5.41) is 16.0. The third kappa shape index (κ3) is 4.08. The molecule has 0 aliphatic carbocycles. The summed E-state index contributed by atoms with van der Waals surface area (Å²) in [5.41, 5.74) is 3.31. The highest BCUT2D eigenvalue weighted by atomic mass is 16.3. The van der Waals surface area contributed by atoms with Gasteiger partial charge < -0.3 is 30.5 Å². The van der Waals surface area contributed by atoms with Gasteiger partial charge in [-0.05, 0) is 24.8 Å². The van der Waals surface area contributed by atoms with Crippen LogP contribution in [0.4, 0.5) is 11.4 Å². The van der Waals surface area contributed by atoms with Crippen molar-refractivity contribution in [2.24, 2.45) is 0 Å². The van der Waals surface area contributed by atoms with Gasteiger partial charge in [0.05, 0.1) is 11.1 Å². The van der Waals surface area contributed by atoms with Crippen molar-refractivity contribution >= 4 is 47.5 Å². The number of amides is 2. The summed E-state index contributed by atoms with van der Waals surface area (Å²) < 4.78 is 0. The van der Waals surface area contributed by atoms with Crippen molar-refractivity contribution in [3.05, 3.63) is 12.4 Å². The Hall–Kier alpha value is -2.59. The Morgan fingerprint density at radius 2 is 2.10 bits per heavy atom. The minimum absolute atomic E-state index is 0.221. The molecular formula is C19H27BN6O3. The lowest BCUT2D eigenvalue weighted by molar-refractivity contribution is -0.132. The molecule has 0 bridgehead atoms. The van der Waals surface area contributed by atoms with E-state index in [-0.39, 0.29) is 5.91 Å². The normalized spacial score (nSPS) is 19.7. The zero-order valence-corrected chi connectivity index (χ0v) is 16.7. The van der Waals surface area contributed by atoms with Crippen LogP contribution < -0.4 is 21.0 Å². The number of anilines is 2. The number of pyridine rings is 1. The van der Waals surface area contributed by atoms with Crippen LogP contribution in [0.2, 0.25) is 0 Å². The smallest absolute Gasteiger partial charge is 0.250 e. The molecule has 1 unspecified atom stereocenters. The van der Waals surface area contributed by atoms with Crippen molar-refractivity contribution in [3.63, 3.8) is 0 Å². The second kappa shape index (κ2) is 8.42. The zero-order valence-electron chi connectivity index (χ0n) is 16.7. The first-order valence-electron chi connectivity index (χ1n) is 10.2. The predicted octanol–water partition coefficient (Wildman–Crippen LogP) is -1.46. The average molecular weight is 398 g/mol. The molecule has 2 fully saturated rings. The van der Waals surface area contributed by atoms with E-state index in [0.717, 1.165) is 49.0 Å². The van der Waals surface area contributed by atoms with Crippen LogP contribution >= 0.6 is 0 Å². The second-order valence-electron chi connectivity index (χ2n) is 7.79. The quantitative estimate of drug-likeness (QED) is 0.458. The summed E-state index contributed by atoms with van der Waals surface area (Å²) in [5.74, 6) is -0.243. The van der Waals surface area contributed by atoms with Gasteiger partial charge in [0.25, 0.3) is 0 Å². The lowest BCUT2D eigenvalue weighted by atomic mass is 9.93. The second-order valence-corrected chi connectivity index (χ2v) is 7.79. The molecule has 0 spiro atoms. The Morgan fingerprint density at radius 1 is 1.31 bits per heavy atom. The topological polar surface area (TPSA) is 114 Å². The predicted molar refractivity (Wildman–Crippen MR) is 114 cm³/mol. The third-order valence-corrected chi connectivity index (χ3v) is 5.81. The monoisotopic (exact) mass is 398 g/mol. The van der Waals surface area contributed by atoms with Crippen LogP contribution in [-0.4, -0.2) is 85.0 Å². The van der Waals surface area contributed by atoms with E-state index < -0.39 is 12.5 Å². The number of aromatic amines is 1. The van der Waals surface area contributed by atoms with Crippen LogP contribution in [-0.2, 0) is 9.59 Å². The van der Waals surface area contributed by atoms with Crippen LogP contribution in [0.15, 0.2) is 12.4 Å². The van der Waals surface area contributed by atoms with Crippen LogP contribution in [0.5, 0.6) is 0 Å². The Bertz CT molecular complexity index is 903. The number of nitrogens with one attached hydrogen (secondary N) is 3. The van der Waals surface area contributed by atoms with Crippen molar-refractivity contribution in [1.29, 1.82) is 0 Å². The fraction of sp³-hybridized carbons (Fsp3) is 0.526. The molecule has 4 N–H and O–H groups in total. The molecule has 154 valence electrons. The first-order valence-corrected chi connectivity index (χ1v) is 10.2. The molecule has 2 saturated heterocycles. The van der Waals surface area contributed by atoms with Gasteiger partial charge in [-0.2, -0.15) is 0 Å². The summed E-state index contributed by atoms with van der Waals surface area (Å²) in [6.45, 7) is 3.24. The van der Waals surface area contributed by atoms with E-state index in [4.69, 9.17) is 5.11 Å². The van der Waals surface area contributed by atoms with Gasteiger partial charge in [0.15, 0.2) is 0 Å². The maximum atomic E-state index is 12.6. The molecule has 1 atom stereocenters. The first-order chi connectivity index (χ1) is 14.1. The van der Waals surface area contributed by atoms with Crippen LogP contribution in [0, 0.1) is 0 Å². The van der Waals surface area contributed by atoms with E-state index in [1.54, 1.807) is 6.20 Å². The van der Waals surface area contributed by atoms with Crippen LogP contribution in [0.3, 0.4) is 0 Å². The van der Waals surface area contributed by atoms with E-state index in [0.29, 0.717) is 36.9 Å². The number of aliphatic hydroxyl groups is 1. The number of carbonyl (C=O) groups excluding carboxylic acids is 2. The Morgan fingerprint density at radius 3 is 2.79 bits per heavy atom. The number of rotatable bonds is 5. The Labute approximate surface area is 170 Å². The van der Waals surface area contributed by atoms with E-state index in [9.17, 15) is 9.59 Å². The van der Waals surface area contributed by atoms with Crippen molar-refractivity contribution in [2.75, 3.05) is 49.5 Å². The maximum absolute atomic E-state index is 12.6. The molecule has 2 aliphatic heterocycles. The fourth-order valence-corrected chi connectivity index (χ4v) is 4.32. The minimum atomic E-state index is -0.572. The molecule has 29 heavy (non-hydrogen) atoms. The number of fused-ring (bicyclic) bond motifs is 1. The van der Waals surface area contributed by atoms with Gasteiger partial charge in [-0.1, -0.05) is 0 Å². The van der Waals surface area contributed by atoms with E-state index in [2.05, 4.69) is 25.5 Å². The third-order valence-electron chi connectivity index (χ3n) is 5.81. The van der Waals surface area contributed by atoms with Crippen molar-refractivity contribution < 1.29 is 14.7 Å². The van der Waals surface area contributed by atoms with Gasteiger partial charge >= 0.3 is 0 Å². The Kier molecular flexibility index (Phi) is 5.73.